The molecule has 2 N–H and O–H groups in total. The number of aromatic nitrogens is 1. The largest absolute Gasteiger partial charge is 0.348 e. The third kappa shape index (κ3) is 4.89. The van der Waals surface area contributed by atoms with Gasteiger partial charge in [-0.25, -0.2) is 9.37 Å². The number of anilines is 1. The standard InChI is InChI=1S/C20H15ClFN3O2/c21-17-7-6-15(22)11-16(17)20(27)25-18-10-14(8-9-23-18)19(26)24-12-13-4-2-1-3-5-13/h1-11H,12H2,(H,24,26)(H,23,25,27). The summed E-state index contributed by atoms with van der Waals surface area (Å²) in [5.74, 6) is -1.34. The molecule has 0 unspecified atom stereocenters. The maximum absolute atomic E-state index is 13.3. The highest BCUT2D eigenvalue weighted by atomic mass is 35.5. The van der Waals surface area contributed by atoms with E-state index in [1.165, 1.54) is 24.4 Å². The lowest BCUT2D eigenvalue weighted by molar-refractivity contribution is 0.0949. The van der Waals surface area contributed by atoms with Gasteiger partial charge < -0.3 is 10.6 Å². The smallest absolute Gasteiger partial charge is 0.258 e. The van der Waals surface area contributed by atoms with Crippen molar-refractivity contribution in [2.45, 2.75) is 6.54 Å². The number of hydrogen-bond donors (Lipinski definition) is 2. The van der Waals surface area contributed by atoms with E-state index in [0.29, 0.717) is 12.1 Å². The zero-order valence-corrected chi connectivity index (χ0v) is 14.8. The fourth-order valence-corrected chi connectivity index (χ4v) is 2.58. The molecule has 0 radical (unpaired) electrons. The van der Waals surface area contributed by atoms with E-state index in [4.69, 9.17) is 11.6 Å². The minimum absolute atomic E-state index is 0.0163. The first-order valence-corrected chi connectivity index (χ1v) is 8.45. The molecule has 0 saturated heterocycles. The number of rotatable bonds is 5. The van der Waals surface area contributed by atoms with Gasteiger partial charge in [0.2, 0.25) is 0 Å². The lowest BCUT2D eigenvalue weighted by Crippen LogP contribution is -2.23. The van der Waals surface area contributed by atoms with Crippen LogP contribution in [0.15, 0.2) is 66.9 Å². The van der Waals surface area contributed by atoms with Crippen LogP contribution in [0.1, 0.15) is 26.3 Å². The average molecular weight is 384 g/mol. The zero-order valence-electron chi connectivity index (χ0n) is 14.1. The maximum Gasteiger partial charge on any atom is 0.258 e. The van der Waals surface area contributed by atoms with Crippen molar-refractivity contribution in [3.63, 3.8) is 0 Å². The normalized spacial score (nSPS) is 10.3. The third-order valence-electron chi connectivity index (χ3n) is 3.73. The summed E-state index contributed by atoms with van der Waals surface area (Å²) >= 11 is 5.93. The van der Waals surface area contributed by atoms with E-state index in [1.807, 2.05) is 30.3 Å². The second kappa shape index (κ2) is 8.42. The predicted octanol–water partition coefficient (Wildman–Crippen LogP) is 4.06. The number of carbonyl (C=O) groups excluding carboxylic acids is 2. The fourth-order valence-electron chi connectivity index (χ4n) is 2.38. The van der Waals surface area contributed by atoms with Crippen molar-refractivity contribution < 1.29 is 14.0 Å². The van der Waals surface area contributed by atoms with Gasteiger partial charge in [-0.3, -0.25) is 9.59 Å². The molecule has 136 valence electrons. The first-order chi connectivity index (χ1) is 13.0. The van der Waals surface area contributed by atoms with Gasteiger partial charge >= 0.3 is 0 Å². The summed E-state index contributed by atoms with van der Waals surface area (Å²) < 4.78 is 13.3. The van der Waals surface area contributed by atoms with Gasteiger partial charge in [0.15, 0.2) is 0 Å². The predicted molar refractivity (Wildman–Crippen MR) is 101 cm³/mol. The van der Waals surface area contributed by atoms with Crippen molar-refractivity contribution in [2.75, 3.05) is 5.32 Å². The number of amides is 2. The second-order valence-electron chi connectivity index (χ2n) is 5.68. The van der Waals surface area contributed by atoms with Crippen LogP contribution in [0.3, 0.4) is 0 Å². The highest BCUT2D eigenvalue weighted by Crippen LogP contribution is 2.18. The second-order valence-corrected chi connectivity index (χ2v) is 6.08. The third-order valence-corrected chi connectivity index (χ3v) is 4.06. The van der Waals surface area contributed by atoms with Crippen molar-refractivity contribution in [2.24, 2.45) is 0 Å². The molecule has 5 nitrogen and oxygen atoms in total. The van der Waals surface area contributed by atoms with Gasteiger partial charge in [-0.05, 0) is 35.9 Å². The number of nitrogens with one attached hydrogen (secondary N) is 2. The van der Waals surface area contributed by atoms with Crippen LogP contribution in [0.2, 0.25) is 5.02 Å². The van der Waals surface area contributed by atoms with Gasteiger partial charge in [-0.1, -0.05) is 41.9 Å². The maximum atomic E-state index is 13.3. The Labute approximate surface area is 160 Å². The van der Waals surface area contributed by atoms with Gasteiger partial charge in [0.25, 0.3) is 11.8 Å². The van der Waals surface area contributed by atoms with E-state index in [9.17, 15) is 14.0 Å². The number of hydrogen-bond acceptors (Lipinski definition) is 3. The molecule has 3 rings (SSSR count). The SMILES string of the molecule is O=C(NCc1ccccc1)c1ccnc(NC(=O)c2cc(F)ccc2Cl)c1. The molecule has 2 aromatic carbocycles. The summed E-state index contributed by atoms with van der Waals surface area (Å²) in [5.41, 5.74) is 1.29. The molecule has 0 aliphatic rings. The van der Waals surface area contributed by atoms with Crippen LogP contribution in [0.5, 0.6) is 0 Å². The highest BCUT2D eigenvalue weighted by Gasteiger charge is 2.14. The molecule has 0 saturated carbocycles. The number of benzene rings is 2. The van der Waals surface area contributed by atoms with Crippen LogP contribution in [-0.2, 0) is 6.54 Å². The Morgan fingerprint density at radius 2 is 1.78 bits per heavy atom. The van der Waals surface area contributed by atoms with Gasteiger partial charge in [-0.2, -0.15) is 0 Å². The average Bonchev–Trinajstić information content (AvgIpc) is 2.69. The van der Waals surface area contributed by atoms with Crippen molar-refractivity contribution >= 4 is 29.2 Å². The van der Waals surface area contributed by atoms with Crippen molar-refractivity contribution in [3.05, 3.63) is 94.4 Å². The molecule has 1 heterocycles. The first-order valence-electron chi connectivity index (χ1n) is 8.07. The van der Waals surface area contributed by atoms with Gasteiger partial charge in [0, 0.05) is 18.3 Å². The van der Waals surface area contributed by atoms with Crippen LogP contribution >= 0.6 is 11.6 Å². The van der Waals surface area contributed by atoms with Gasteiger partial charge in [-0.15, -0.1) is 0 Å². The monoisotopic (exact) mass is 383 g/mol. The summed E-state index contributed by atoms with van der Waals surface area (Å²) in [4.78, 5) is 28.6. The molecule has 0 fully saturated rings. The summed E-state index contributed by atoms with van der Waals surface area (Å²) in [6.45, 7) is 0.378. The van der Waals surface area contributed by atoms with Crippen molar-refractivity contribution in [1.29, 1.82) is 0 Å². The Hall–Kier alpha value is -3.25. The van der Waals surface area contributed by atoms with E-state index in [1.54, 1.807) is 0 Å². The zero-order chi connectivity index (χ0) is 19.2. The fraction of sp³-hybridized carbons (Fsp3) is 0.0500. The van der Waals surface area contributed by atoms with Gasteiger partial charge in [0.05, 0.1) is 10.6 Å². The molecule has 7 heteroatoms. The number of halogens is 2. The van der Waals surface area contributed by atoms with Crippen LogP contribution in [0, 0.1) is 5.82 Å². The molecule has 2 amide bonds. The first kappa shape index (κ1) is 18.5. The van der Waals surface area contributed by atoms with E-state index in [2.05, 4.69) is 15.6 Å². The molecule has 0 aliphatic heterocycles. The Kier molecular flexibility index (Phi) is 5.78. The Morgan fingerprint density at radius 3 is 2.56 bits per heavy atom. The molecular formula is C20H15ClFN3O2. The highest BCUT2D eigenvalue weighted by molar-refractivity contribution is 6.34. The van der Waals surface area contributed by atoms with Gasteiger partial charge in [0.1, 0.15) is 11.6 Å². The molecule has 0 atom stereocenters. The quantitative estimate of drug-likeness (QED) is 0.698. The molecule has 1 aromatic heterocycles. The van der Waals surface area contributed by atoms with Crippen LogP contribution in [0.4, 0.5) is 10.2 Å². The van der Waals surface area contributed by atoms with E-state index < -0.39 is 11.7 Å². The van der Waals surface area contributed by atoms with Crippen LogP contribution in [0.25, 0.3) is 0 Å². The van der Waals surface area contributed by atoms with Crippen molar-refractivity contribution in [1.82, 2.24) is 10.3 Å². The molecular weight excluding hydrogens is 369 g/mol. The summed E-state index contributed by atoms with van der Waals surface area (Å²) in [6.07, 6.45) is 1.40. The van der Waals surface area contributed by atoms with Crippen LogP contribution < -0.4 is 10.6 Å². The Bertz CT molecular complexity index is 980. The summed E-state index contributed by atoms with van der Waals surface area (Å²) in [6, 6.07) is 15.9. The van der Waals surface area contributed by atoms with Crippen molar-refractivity contribution in [3.8, 4) is 0 Å². The van der Waals surface area contributed by atoms with E-state index >= 15 is 0 Å². The molecule has 0 aliphatic carbocycles. The van der Waals surface area contributed by atoms with E-state index in [-0.39, 0.29) is 22.3 Å². The van der Waals surface area contributed by atoms with E-state index in [0.717, 1.165) is 17.7 Å². The summed E-state index contributed by atoms with van der Waals surface area (Å²) in [5, 5.41) is 5.42. The topological polar surface area (TPSA) is 71.1 Å². The number of pyridine rings is 1. The minimum Gasteiger partial charge on any atom is -0.348 e. The lowest BCUT2D eigenvalue weighted by atomic mass is 10.2. The number of carbonyl (C=O) groups is 2. The minimum atomic E-state index is -0.617. The molecule has 3 aromatic rings. The Balaban J connectivity index is 1.68. The molecule has 0 spiro atoms. The molecule has 27 heavy (non-hydrogen) atoms. The number of nitrogens with zero attached hydrogens (tertiary/aromatic N) is 1. The van der Waals surface area contributed by atoms with Crippen LogP contribution in [-0.4, -0.2) is 16.8 Å². The Morgan fingerprint density at radius 1 is 1.00 bits per heavy atom. The lowest BCUT2D eigenvalue weighted by Gasteiger charge is -2.09. The summed E-state index contributed by atoms with van der Waals surface area (Å²) in [7, 11) is 0. The molecule has 0 bridgehead atoms.